The molecule has 0 spiro atoms. The molecule has 2 aromatic carbocycles. The largest absolute Gasteiger partial charge is 0.353 e. The van der Waals surface area contributed by atoms with E-state index in [1.165, 1.54) is 49.1 Å². The average molecular weight is 280 g/mol. The summed E-state index contributed by atoms with van der Waals surface area (Å²) in [6.45, 7) is 0. The highest BCUT2D eigenvalue weighted by Gasteiger charge is 2.19. The molecule has 4 aromatic heterocycles. The first-order valence-corrected chi connectivity index (χ1v) is 7.57. The molecule has 0 aliphatic heterocycles. The first kappa shape index (κ1) is 10.7. The minimum Gasteiger partial charge on any atom is -0.353 e. The van der Waals surface area contributed by atoms with Gasteiger partial charge in [-0.05, 0) is 18.2 Å². The van der Waals surface area contributed by atoms with Crippen molar-refractivity contribution in [3.05, 3.63) is 66.7 Å². The summed E-state index contributed by atoms with van der Waals surface area (Å²) >= 11 is 0. The summed E-state index contributed by atoms with van der Waals surface area (Å²) in [5.41, 5.74) is 6.33. The van der Waals surface area contributed by atoms with Gasteiger partial charge in [-0.3, -0.25) is 0 Å². The molecule has 0 saturated carbocycles. The first-order chi connectivity index (χ1) is 10.9. The minimum atomic E-state index is 1.21. The Labute approximate surface area is 125 Å². The van der Waals surface area contributed by atoms with Crippen molar-refractivity contribution in [1.82, 2.24) is 9.38 Å². The summed E-state index contributed by atoms with van der Waals surface area (Å²) in [5, 5.41) is 5.31. The predicted octanol–water partition coefficient (Wildman–Crippen LogP) is 5.32. The lowest BCUT2D eigenvalue weighted by atomic mass is 10.1. The normalized spacial score (nSPS) is 12.5. The third kappa shape index (κ3) is 1.03. The van der Waals surface area contributed by atoms with Gasteiger partial charge in [0.1, 0.15) is 0 Å². The summed E-state index contributed by atoms with van der Waals surface area (Å²) in [6, 6.07) is 23.9. The Morgan fingerprint density at radius 3 is 2.27 bits per heavy atom. The highest BCUT2D eigenvalue weighted by molar-refractivity contribution is 6.29. The number of aromatic nitrogens is 2. The van der Waals surface area contributed by atoms with Gasteiger partial charge >= 0.3 is 0 Å². The van der Waals surface area contributed by atoms with Gasteiger partial charge in [-0.2, -0.15) is 0 Å². The van der Waals surface area contributed by atoms with Gasteiger partial charge in [0.15, 0.2) is 0 Å². The standard InChI is InChI=1S/C20H12N2/c1-2-7-13-12(6-1)16-10-5-11-17-19-18(20(13)22(16)17)14-8-3-4-9-15(14)21-19/h1-11,21H. The highest BCUT2D eigenvalue weighted by Crippen LogP contribution is 2.41. The Morgan fingerprint density at radius 1 is 0.636 bits per heavy atom. The summed E-state index contributed by atoms with van der Waals surface area (Å²) in [6.07, 6.45) is 0. The number of rotatable bonds is 0. The van der Waals surface area contributed by atoms with Gasteiger partial charge in [-0.25, -0.2) is 0 Å². The molecule has 0 atom stereocenters. The van der Waals surface area contributed by atoms with Crippen LogP contribution in [0.2, 0.25) is 0 Å². The fourth-order valence-corrected chi connectivity index (χ4v) is 4.02. The molecule has 0 fully saturated rings. The summed E-state index contributed by atoms with van der Waals surface area (Å²) < 4.78 is 2.40. The van der Waals surface area contributed by atoms with Gasteiger partial charge < -0.3 is 9.38 Å². The van der Waals surface area contributed by atoms with E-state index in [1.807, 2.05) is 0 Å². The number of nitrogens with one attached hydrogen (secondary N) is 1. The molecular weight excluding hydrogens is 268 g/mol. The predicted molar refractivity (Wildman–Crippen MR) is 93.0 cm³/mol. The maximum Gasteiger partial charge on any atom is 0.0731 e. The van der Waals surface area contributed by atoms with E-state index in [-0.39, 0.29) is 0 Å². The molecule has 2 heteroatoms. The Balaban J connectivity index is 2.12. The number of pyridine rings is 1. The lowest BCUT2D eigenvalue weighted by Crippen LogP contribution is -1.81. The average Bonchev–Trinajstić information content (AvgIpc) is 3.19. The van der Waals surface area contributed by atoms with Crippen molar-refractivity contribution >= 4 is 49.1 Å². The van der Waals surface area contributed by atoms with Crippen molar-refractivity contribution in [1.29, 1.82) is 0 Å². The lowest BCUT2D eigenvalue weighted by Gasteiger charge is -1.96. The van der Waals surface area contributed by atoms with Crippen LogP contribution in [0.15, 0.2) is 66.7 Å². The van der Waals surface area contributed by atoms with E-state index in [0.29, 0.717) is 0 Å². The molecule has 0 bridgehead atoms. The summed E-state index contributed by atoms with van der Waals surface area (Å²) in [4.78, 5) is 3.61. The molecule has 4 heterocycles. The number of H-pyrrole nitrogens is 1. The monoisotopic (exact) mass is 280 g/mol. The van der Waals surface area contributed by atoms with E-state index in [1.54, 1.807) is 0 Å². The minimum absolute atomic E-state index is 1.21. The second kappa shape index (κ2) is 3.42. The zero-order valence-corrected chi connectivity index (χ0v) is 11.8. The van der Waals surface area contributed by atoms with Gasteiger partial charge in [0.2, 0.25) is 0 Å². The van der Waals surface area contributed by atoms with E-state index in [9.17, 15) is 0 Å². The number of benzene rings is 2. The molecule has 0 amide bonds. The van der Waals surface area contributed by atoms with Crippen LogP contribution in [0.3, 0.4) is 0 Å². The number of nitrogens with zero attached hydrogens (tertiary/aromatic N) is 1. The van der Waals surface area contributed by atoms with Gasteiger partial charge in [-0.1, -0.05) is 48.5 Å². The van der Waals surface area contributed by atoms with Crippen LogP contribution in [0.1, 0.15) is 0 Å². The van der Waals surface area contributed by atoms with E-state index in [0.717, 1.165) is 0 Å². The van der Waals surface area contributed by atoms with Crippen molar-refractivity contribution in [2.45, 2.75) is 0 Å². The quantitative estimate of drug-likeness (QED) is 0.389. The number of para-hydroxylation sites is 1. The molecule has 0 saturated heterocycles. The molecule has 0 aliphatic rings. The molecule has 102 valence electrons. The van der Waals surface area contributed by atoms with Gasteiger partial charge in [0, 0.05) is 27.1 Å². The second-order valence-corrected chi connectivity index (χ2v) is 5.95. The maximum absolute atomic E-state index is 3.61. The second-order valence-electron chi connectivity index (χ2n) is 5.95. The zero-order chi connectivity index (χ0) is 14.3. The smallest absolute Gasteiger partial charge is 0.0731 e. The van der Waals surface area contributed by atoms with Gasteiger partial charge in [0.05, 0.1) is 22.1 Å². The molecule has 0 aliphatic carbocycles. The van der Waals surface area contributed by atoms with Crippen molar-refractivity contribution in [3.8, 4) is 0 Å². The molecule has 2 nitrogen and oxygen atoms in total. The fraction of sp³-hybridized carbons (Fsp3) is 0. The Hall–Kier alpha value is -3.00. The molecular formula is C20H12N2. The van der Waals surface area contributed by atoms with Crippen molar-refractivity contribution in [3.63, 3.8) is 0 Å². The third-order valence-electron chi connectivity index (χ3n) is 4.87. The summed E-state index contributed by atoms with van der Waals surface area (Å²) in [7, 11) is 0. The molecule has 0 unspecified atom stereocenters. The van der Waals surface area contributed by atoms with Crippen LogP contribution in [0, 0.1) is 0 Å². The van der Waals surface area contributed by atoms with Crippen LogP contribution < -0.4 is 0 Å². The lowest BCUT2D eigenvalue weighted by molar-refractivity contribution is 1.35. The SMILES string of the molecule is c1ccc2c(c1)[nH]c1c2c2c3ccccc3c3cccc1n32. The zero-order valence-electron chi connectivity index (χ0n) is 11.8. The van der Waals surface area contributed by atoms with Crippen LogP contribution in [-0.4, -0.2) is 9.38 Å². The number of fused-ring (bicyclic) bond motifs is 8. The van der Waals surface area contributed by atoms with Crippen molar-refractivity contribution < 1.29 is 0 Å². The Morgan fingerprint density at radius 2 is 1.36 bits per heavy atom. The van der Waals surface area contributed by atoms with E-state index in [4.69, 9.17) is 0 Å². The van der Waals surface area contributed by atoms with Gasteiger partial charge in [0.25, 0.3) is 0 Å². The molecule has 1 N–H and O–H groups in total. The Bertz CT molecular complexity index is 1320. The van der Waals surface area contributed by atoms with E-state index >= 15 is 0 Å². The molecule has 6 aromatic rings. The van der Waals surface area contributed by atoms with Crippen LogP contribution >= 0.6 is 0 Å². The molecule has 0 radical (unpaired) electrons. The van der Waals surface area contributed by atoms with Crippen molar-refractivity contribution in [2.24, 2.45) is 0 Å². The van der Waals surface area contributed by atoms with E-state index in [2.05, 4.69) is 76.1 Å². The Kier molecular flexibility index (Phi) is 1.66. The highest BCUT2D eigenvalue weighted by atomic mass is 14.9. The summed E-state index contributed by atoms with van der Waals surface area (Å²) in [5.74, 6) is 0. The molecule has 6 rings (SSSR count). The van der Waals surface area contributed by atoms with Crippen LogP contribution in [0.4, 0.5) is 0 Å². The molecule has 22 heavy (non-hydrogen) atoms. The number of hydrogen-bond acceptors (Lipinski definition) is 0. The first-order valence-electron chi connectivity index (χ1n) is 7.57. The van der Waals surface area contributed by atoms with Crippen molar-refractivity contribution in [2.75, 3.05) is 0 Å². The van der Waals surface area contributed by atoms with Crippen LogP contribution in [0.5, 0.6) is 0 Å². The number of hydrogen-bond donors (Lipinski definition) is 1. The topological polar surface area (TPSA) is 20.2 Å². The third-order valence-corrected chi connectivity index (χ3v) is 4.87. The maximum atomic E-state index is 3.61. The van der Waals surface area contributed by atoms with Crippen LogP contribution in [-0.2, 0) is 0 Å². The number of aromatic amines is 1. The van der Waals surface area contributed by atoms with Crippen LogP contribution in [0.25, 0.3) is 49.1 Å². The van der Waals surface area contributed by atoms with E-state index < -0.39 is 0 Å². The van der Waals surface area contributed by atoms with Gasteiger partial charge in [-0.15, -0.1) is 0 Å². The fourth-order valence-electron chi connectivity index (χ4n) is 4.02.